The Morgan fingerprint density at radius 1 is 1.10 bits per heavy atom. The molecule has 0 aliphatic heterocycles. The second-order valence-corrected chi connectivity index (χ2v) is 10.9. The van der Waals surface area contributed by atoms with Crippen molar-refractivity contribution in [3.63, 3.8) is 0 Å². The first-order chi connectivity index (χ1) is 13.6. The Morgan fingerprint density at radius 3 is 2.52 bits per heavy atom. The summed E-state index contributed by atoms with van der Waals surface area (Å²) in [7, 11) is 0. The van der Waals surface area contributed by atoms with Crippen LogP contribution in [0.5, 0.6) is 0 Å². The lowest BCUT2D eigenvalue weighted by Crippen LogP contribution is -2.60. The van der Waals surface area contributed by atoms with E-state index in [2.05, 4.69) is 20.8 Å². The molecule has 1 N–H and O–H groups in total. The van der Waals surface area contributed by atoms with Gasteiger partial charge in [0.25, 0.3) is 0 Å². The Bertz CT molecular complexity index is 756. The Morgan fingerprint density at radius 2 is 1.83 bits per heavy atom. The monoisotopic (exact) mass is 402 g/mol. The molecule has 8 atom stereocenters. The van der Waals surface area contributed by atoms with Crippen LogP contribution in [0.1, 0.15) is 78.6 Å². The molecular weight excluding hydrogens is 368 g/mol. The second kappa shape index (κ2) is 7.02. The standard InChI is InChI=1S/C24H34O5/c1-13(4-7-21(28)29)16-5-6-17-22-18(12-20(27)24(16,17)3)23(2)9-8-15(25)10-14(23)11-19(22)26/h13-14,16-18,22H,4-12H2,1-3H3,(H,28,29)/t13-,14+,16-,17+,18+,22-,23-,24+/m1/s1. The lowest BCUT2D eigenvalue weighted by atomic mass is 9.44. The molecule has 0 aromatic heterocycles. The number of carboxylic acids is 1. The molecule has 0 aromatic carbocycles. The normalized spacial score (nSPS) is 45.3. The van der Waals surface area contributed by atoms with Crippen LogP contribution in [0.3, 0.4) is 0 Å². The SMILES string of the molecule is C[C@H](CCC(=O)O)[C@H]1CC[C@H]2[C@H]3C(=O)C[C@@H]4CC(=O)CC[C@@]4(C)[C@H]3CC(=O)[C@@]12C. The van der Waals surface area contributed by atoms with Gasteiger partial charge in [-0.2, -0.15) is 0 Å². The van der Waals surface area contributed by atoms with E-state index < -0.39 is 11.4 Å². The van der Waals surface area contributed by atoms with Gasteiger partial charge < -0.3 is 5.11 Å². The van der Waals surface area contributed by atoms with E-state index in [0.717, 1.165) is 19.3 Å². The average molecular weight is 403 g/mol. The first-order valence-corrected chi connectivity index (χ1v) is 11.4. The van der Waals surface area contributed by atoms with E-state index in [1.165, 1.54) is 0 Å². The molecule has 0 aromatic rings. The largest absolute Gasteiger partial charge is 0.481 e. The van der Waals surface area contributed by atoms with Crippen molar-refractivity contribution in [2.24, 2.45) is 46.3 Å². The molecule has 160 valence electrons. The third-order valence-corrected chi connectivity index (χ3v) is 9.72. The average Bonchev–Trinajstić information content (AvgIpc) is 3.01. The van der Waals surface area contributed by atoms with Crippen molar-refractivity contribution in [2.75, 3.05) is 0 Å². The van der Waals surface area contributed by atoms with Gasteiger partial charge >= 0.3 is 5.97 Å². The fraction of sp³-hybridized carbons (Fsp3) is 0.833. The molecule has 0 heterocycles. The molecule has 5 heteroatoms. The predicted molar refractivity (Wildman–Crippen MR) is 107 cm³/mol. The third-order valence-electron chi connectivity index (χ3n) is 9.72. The smallest absolute Gasteiger partial charge is 0.303 e. The predicted octanol–water partition coefficient (Wildman–Crippen LogP) is 4.07. The number of aliphatic carboxylic acids is 1. The number of Topliss-reactive ketones (excluding diaryl/α,β-unsaturated/α-hetero) is 3. The molecule has 29 heavy (non-hydrogen) atoms. The maximum atomic E-state index is 13.6. The van der Waals surface area contributed by atoms with Gasteiger partial charge in [0.2, 0.25) is 0 Å². The molecule has 0 saturated heterocycles. The van der Waals surface area contributed by atoms with Crippen molar-refractivity contribution in [1.82, 2.24) is 0 Å². The van der Waals surface area contributed by atoms with Crippen molar-refractivity contribution in [3.8, 4) is 0 Å². The van der Waals surface area contributed by atoms with Gasteiger partial charge in [-0.15, -0.1) is 0 Å². The summed E-state index contributed by atoms with van der Waals surface area (Å²) >= 11 is 0. The first-order valence-electron chi connectivity index (χ1n) is 11.4. The summed E-state index contributed by atoms with van der Waals surface area (Å²) in [6.07, 6.45) is 5.33. The van der Waals surface area contributed by atoms with E-state index in [-0.39, 0.29) is 64.7 Å². The summed E-state index contributed by atoms with van der Waals surface area (Å²) in [4.78, 5) is 50.0. The van der Waals surface area contributed by atoms with Crippen LogP contribution in [-0.4, -0.2) is 28.4 Å². The molecule has 5 nitrogen and oxygen atoms in total. The molecule has 0 unspecified atom stereocenters. The zero-order valence-electron chi connectivity index (χ0n) is 17.9. The van der Waals surface area contributed by atoms with Crippen LogP contribution >= 0.6 is 0 Å². The molecule has 4 rings (SSSR count). The number of ketones is 3. The number of hydrogen-bond donors (Lipinski definition) is 1. The lowest BCUT2D eigenvalue weighted by Gasteiger charge is -2.58. The molecule has 4 saturated carbocycles. The summed E-state index contributed by atoms with van der Waals surface area (Å²) in [5.41, 5.74) is -0.598. The van der Waals surface area contributed by atoms with E-state index in [1.807, 2.05) is 0 Å². The van der Waals surface area contributed by atoms with E-state index in [0.29, 0.717) is 32.1 Å². The van der Waals surface area contributed by atoms with Crippen LogP contribution in [0.4, 0.5) is 0 Å². The van der Waals surface area contributed by atoms with Gasteiger partial charge in [0, 0.05) is 43.4 Å². The molecular formula is C24H34O5. The highest BCUT2D eigenvalue weighted by molar-refractivity contribution is 5.93. The quantitative estimate of drug-likeness (QED) is 0.766. The number of rotatable bonds is 4. The Kier molecular flexibility index (Phi) is 5.02. The van der Waals surface area contributed by atoms with Crippen LogP contribution in [0.15, 0.2) is 0 Å². The topological polar surface area (TPSA) is 88.5 Å². The highest BCUT2D eigenvalue weighted by Gasteiger charge is 2.66. The minimum Gasteiger partial charge on any atom is -0.481 e. The van der Waals surface area contributed by atoms with E-state index >= 15 is 0 Å². The summed E-state index contributed by atoms with van der Waals surface area (Å²) in [6, 6.07) is 0. The number of carbonyl (C=O) groups excluding carboxylic acids is 3. The summed E-state index contributed by atoms with van der Waals surface area (Å²) < 4.78 is 0. The summed E-state index contributed by atoms with van der Waals surface area (Å²) in [5, 5.41) is 9.06. The third kappa shape index (κ3) is 3.02. The van der Waals surface area contributed by atoms with Gasteiger partial charge in [0.1, 0.15) is 17.3 Å². The number of carboxylic acid groups (broad SMARTS) is 1. The van der Waals surface area contributed by atoms with Crippen LogP contribution in [0.2, 0.25) is 0 Å². The van der Waals surface area contributed by atoms with E-state index in [4.69, 9.17) is 5.11 Å². The van der Waals surface area contributed by atoms with Gasteiger partial charge in [0.15, 0.2) is 0 Å². The van der Waals surface area contributed by atoms with Crippen LogP contribution in [0.25, 0.3) is 0 Å². The Labute approximate surface area is 173 Å². The zero-order valence-corrected chi connectivity index (χ0v) is 17.9. The van der Waals surface area contributed by atoms with Gasteiger partial charge in [-0.1, -0.05) is 20.8 Å². The second-order valence-electron chi connectivity index (χ2n) is 10.9. The Hall–Kier alpha value is -1.52. The molecule has 0 spiro atoms. The number of fused-ring (bicyclic) bond motifs is 5. The van der Waals surface area contributed by atoms with Gasteiger partial charge in [0.05, 0.1) is 0 Å². The number of hydrogen-bond acceptors (Lipinski definition) is 4. The molecule has 4 aliphatic carbocycles. The Balaban J connectivity index is 1.63. The van der Waals surface area contributed by atoms with Gasteiger partial charge in [-0.3, -0.25) is 19.2 Å². The van der Waals surface area contributed by atoms with E-state index in [1.54, 1.807) is 0 Å². The van der Waals surface area contributed by atoms with Crippen molar-refractivity contribution in [3.05, 3.63) is 0 Å². The van der Waals surface area contributed by atoms with Crippen molar-refractivity contribution in [1.29, 1.82) is 0 Å². The van der Waals surface area contributed by atoms with Crippen molar-refractivity contribution >= 4 is 23.3 Å². The highest BCUT2D eigenvalue weighted by atomic mass is 16.4. The lowest BCUT2D eigenvalue weighted by molar-refractivity contribution is -0.166. The molecule has 0 amide bonds. The highest BCUT2D eigenvalue weighted by Crippen LogP contribution is 2.66. The molecule has 4 fully saturated rings. The molecule has 4 aliphatic rings. The summed E-state index contributed by atoms with van der Waals surface area (Å²) in [5.74, 6) is 0.524. The zero-order chi connectivity index (χ0) is 21.1. The maximum Gasteiger partial charge on any atom is 0.303 e. The fourth-order valence-electron chi connectivity index (χ4n) is 7.94. The van der Waals surface area contributed by atoms with Crippen molar-refractivity contribution in [2.45, 2.75) is 78.6 Å². The van der Waals surface area contributed by atoms with E-state index in [9.17, 15) is 19.2 Å². The minimum absolute atomic E-state index is 0.0659. The maximum absolute atomic E-state index is 13.6. The van der Waals surface area contributed by atoms with Crippen molar-refractivity contribution < 1.29 is 24.3 Å². The molecule has 0 bridgehead atoms. The van der Waals surface area contributed by atoms with Gasteiger partial charge in [-0.05, 0) is 60.7 Å². The number of carbonyl (C=O) groups is 4. The fourth-order valence-corrected chi connectivity index (χ4v) is 7.94. The van der Waals surface area contributed by atoms with Crippen LogP contribution in [0, 0.1) is 46.3 Å². The summed E-state index contributed by atoms with van der Waals surface area (Å²) in [6.45, 7) is 6.37. The molecule has 0 radical (unpaired) electrons. The first kappa shape index (κ1) is 20.7. The van der Waals surface area contributed by atoms with Crippen LogP contribution < -0.4 is 0 Å². The van der Waals surface area contributed by atoms with Crippen LogP contribution in [-0.2, 0) is 19.2 Å². The minimum atomic E-state index is -0.792. The van der Waals surface area contributed by atoms with Gasteiger partial charge in [-0.25, -0.2) is 0 Å².